The summed E-state index contributed by atoms with van der Waals surface area (Å²) in [5, 5.41) is 3.24. The van der Waals surface area contributed by atoms with Crippen LogP contribution in [0, 0.1) is 5.92 Å². The maximum atomic E-state index is 12.8. The van der Waals surface area contributed by atoms with Gasteiger partial charge in [0, 0.05) is 18.7 Å². The van der Waals surface area contributed by atoms with Gasteiger partial charge in [-0.1, -0.05) is 18.2 Å². The van der Waals surface area contributed by atoms with Crippen molar-refractivity contribution in [3.8, 4) is 5.75 Å². The molecular weight excluding hydrogens is 300 g/mol. The molecule has 122 valence electrons. The highest BCUT2D eigenvalue weighted by Crippen LogP contribution is 2.35. The average molecular weight is 325 g/mol. The Bertz CT molecular complexity index is 501. The first-order valence-corrected chi connectivity index (χ1v) is 7.94. The number of likely N-dealkylation sites (tertiary alicyclic amines) is 1. The smallest absolute Gasteiger partial charge is 0.230 e. The van der Waals surface area contributed by atoms with Crippen molar-refractivity contribution in [1.29, 1.82) is 0 Å². The molecule has 1 aromatic rings. The molecule has 1 saturated heterocycles. The van der Waals surface area contributed by atoms with Gasteiger partial charge in [0.05, 0.1) is 12.5 Å². The Morgan fingerprint density at radius 3 is 2.73 bits per heavy atom. The number of benzene rings is 1. The van der Waals surface area contributed by atoms with Gasteiger partial charge in [0.15, 0.2) is 0 Å². The van der Waals surface area contributed by atoms with Crippen molar-refractivity contribution >= 4 is 18.3 Å². The summed E-state index contributed by atoms with van der Waals surface area (Å²) in [4.78, 5) is 14.9. The van der Waals surface area contributed by atoms with E-state index in [1.807, 2.05) is 31.3 Å². The Morgan fingerprint density at radius 2 is 2.00 bits per heavy atom. The normalized spacial score (nSPS) is 21.5. The van der Waals surface area contributed by atoms with Crippen molar-refractivity contribution in [2.24, 2.45) is 5.92 Å². The van der Waals surface area contributed by atoms with E-state index in [4.69, 9.17) is 4.74 Å². The van der Waals surface area contributed by atoms with Gasteiger partial charge in [-0.3, -0.25) is 4.79 Å². The number of rotatable bonds is 3. The molecule has 2 heterocycles. The molecule has 0 aromatic heterocycles. The first kappa shape index (κ1) is 17.1. The van der Waals surface area contributed by atoms with Crippen LogP contribution in [0.2, 0.25) is 0 Å². The second kappa shape index (κ2) is 7.84. The molecule has 0 aliphatic carbocycles. The van der Waals surface area contributed by atoms with E-state index >= 15 is 0 Å². The van der Waals surface area contributed by atoms with Crippen molar-refractivity contribution in [3.05, 3.63) is 29.8 Å². The fourth-order valence-electron chi connectivity index (χ4n) is 3.47. The lowest BCUT2D eigenvalue weighted by Crippen LogP contribution is -2.43. The molecule has 0 spiro atoms. The first-order chi connectivity index (χ1) is 10.3. The molecule has 0 saturated carbocycles. The van der Waals surface area contributed by atoms with E-state index in [9.17, 15) is 4.79 Å². The van der Waals surface area contributed by atoms with Crippen LogP contribution in [0.5, 0.6) is 5.75 Å². The van der Waals surface area contributed by atoms with Crippen molar-refractivity contribution in [2.45, 2.75) is 25.2 Å². The lowest BCUT2D eigenvalue weighted by Gasteiger charge is -2.35. The molecule has 22 heavy (non-hydrogen) atoms. The van der Waals surface area contributed by atoms with Gasteiger partial charge in [-0.2, -0.15) is 0 Å². The van der Waals surface area contributed by atoms with Gasteiger partial charge in [0.25, 0.3) is 0 Å². The van der Waals surface area contributed by atoms with Gasteiger partial charge in [0.1, 0.15) is 5.75 Å². The SMILES string of the molecule is CNCC1CCN(C(=O)C2CCOc3ccccc32)CC1.Cl. The van der Waals surface area contributed by atoms with Crippen molar-refractivity contribution in [3.63, 3.8) is 0 Å². The zero-order valence-corrected chi connectivity index (χ0v) is 13.9. The summed E-state index contributed by atoms with van der Waals surface area (Å²) in [6, 6.07) is 7.96. The number of piperidine rings is 1. The van der Waals surface area contributed by atoms with E-state index in [1.54, 1.807) is 0 Å². The minimum absolute atomic E-state index is 0. The molecule has 0 bridgehead atoms. The van der Waals surface area contributed by atoms with Gasteiger partial charge in [0.2, 0.25) is 5.91 Å². The lowest BCUT2D eigenvalue weighted by molar-refractivity contribution is -0.134. The minimum atomic E-state index is -0.0178. The third-order valence-electron chi connectivity index (χ3n) is 4.68. The van der Waals surface area contributed by atoms with Gasteiger partial charge in [-0.05, 0) is 44.8 Å². The van der Waals surface area contributed by atoms with Gasteiger partial charge < -0.3 is 15.0 Å². The van der Waals surface area contributed by atoms with Crippen LogP contribution in [0.1, 0.15) is 30.7 Å². The van der Waals surface area contributed by atoms with Crippen LogP contribution in [-0.4, -0.2) is 44.1 Å². The quantitative estimate of drug-likeness (QED) is 0.928. The highest BCUT2D eigenvalue weighted by Gasteiger charge is 2.32. The molecule has 1 N–H and O–H groups in total. The monoisotopic (exact) mass is 324 g/mol. The Balaban J connectivity index is 0.00000176. The number of carbonyl (C=O) groups is 1. The standard InChI is InChI=1S/C17H24N2O2.ClH/c1-18-12-13-6-9-19(10-7-13)17(20)15-8-11-21-16-5-3-2-4-14(15)16;/h2-5,13,15,18H,6-12H2,1H3;1H. The largest absolute Gasteiger partial charge is 0.493 e. The Labute approximate surface area is 138 Å². The van der Waals surface area contributed by atoms with E-state index in [-0.39, 0.29) is 24.2 Å². The van der Waals surface area contributed by atoms with Crippen LogP contribution in [0.3, 0.4) is 0 Å². The van der Waals surface area contributed by atoms with E-state index in [2.05, 4.69) is 10.2 Å². The number of fused-ring (bicyclic) bond motifs is 1. The average Bonchev–Trinajstić information content (AvgIpc) is 2.55. The number of carbonyl (C=O) groups excluding carboxylic acids is 1. The van der Waals surface area contributed by atoms with E-state index < -0.39 is 0 Å². The topological polar surface area (TPSA) is 41.6 Å². The molecule has 1 amide bonds. The number of halogens is 1. The molecule has 4 nitrogen and oxygen atoms in total. The number of nitrogens with one attached hydrogen (secondary N) is 1. The molecule has 2 aliphatic rings. The number of amides is 1. The summed E-state index contributed by atoms with van der Waals surface area (Å²) in [5.74, 6) is 1.86. The lowest BCUT2D eigenvalue weighted by atomic mass is 9.90. The summed E-state index contributed by atoms with van der Waals surface area (Å²) in [6.45, 7) is 3.49. The number of hydrogen-bond acceptors (Lipinski definition) is 3. The van der Waals surface area contributed by atoms with Gasteiger partial charge in [-0.25, -0.2) is 0 Å². The second-order valence-electron chi connectivity index (χ2n) is 6.05. The third kappa shape index (κ3) is 3.55. The Morgan fingerprint density at radius 1 is 1.27 bits per heavy atom. The molecule has 2 aliphatic heterocycles. The highest BCUT2D eigenvalue weighted by molar-refractivity contribution is 5.85. The second-order valence-corrected chi connectivity index (χ2v) is 6.05. The molecule has 1 fully saturated rings. The van der Waals surface area contributed by atoms with Crippen LogP contribution in [-0.2, 0) is 4.79 Å². The van der Waals surface area contributed by atoms with Crippen LogP contribution < -0.4 is 10.1 Å². The molecule has 0 radical (unpaired) electrons. The molecule has 1 unspecified atom stereocenters. The van der Waals surface area contributed by atoms with E-state index in [0.717, 1.165) is 50.2 Å². The fraction of sp³-hybridized carbons (Fsp3) is 0.588. The molecule has 3 rings (SSSR count). The predicted molar refractivity (Wildman–Crippen MR) is 89.8 cm³/mol. The van der Waals surface area contributed by atoms with Crippen LogP contribution in [0.4, 0.5) is 0 Å². The van der Waals surface area contributed by atoms with Crippen molar-refractivity contribution < 1.29 is 9.53 Å². The number of para-hydroxylation sites is 1. The zero-order chi connectivity index (χ0) is 14.7. The summed E-state index contributed by atoms with van der Waals surface area (Å²) < 4.78 is 5.66. The van der Waals surface area contributed by atoms with E-state index in [1.165, 1.54) is 0 Å². The Hall–Kier alpha value is -1.26. The summed E-state index contributed by atoms with van der Waals surface area (Å²) in [6.07, 6.45) is 3.02. The van der Waals surface area contributed by atoms with Gasteiger partial charge in [-0.15, -0.1) is 12.4 Å². The molecule has 5 heteroatoms. The zero-order valence-electron chi connectivity index (χ0n) is 13.1. The number of hydrogen-bond donors (Lipinski definition) is 1. The van der Waals surface area contributed by atoms with Crippen LogP contribution in [0.15, 0.2) is 24.3 Å². The summed E-state index contributed by atoms with van der Waals surface area (Å²) in [7, 11) is 2.00. The van der Waals surface area contributed by atoms with E-state index in [0.29, 0.717) is 12.5 Å². The molecule has 1 aromatic carbocycles. The highest BCUT2D eigenvalue weighted by atomic mass is 35.5. The summed E-state index contributed by atoms with van der Waals surface area (Å²) >= 11 is 0. The maximum absolute atomic E-state index is 12.8. The third-order valence-corrected chi connectivity index (χ3v) is 4.68. The van der Waals surface area contributed by atoms with Crippen LogP contribution >= 0.6 is 12.4 Å². The predicted octanol–water partition coefficient (Wildman–Crippen LogP) is 2.43. The first-order valence-electron chi connectivity index (χ1n) is 7.94. The fourth-order valence-corrected chi connectivity index (χ4v) is 3.47. The molecule has 1 atom stereocenters. The number of ether oxygens (including phenoxy) is 1. The van der Waals surface area contributed by atoms with Crippen molar-refractivity contribution in [1.82, 2.24) is 10.2 Å². The van der Waals surface area contributed by atoms with Gasteiger partial charge >= 0.3 is 0 Å². The maximum Gasteiger partial charge on any atom is 0.230 e. The minimum Gasteiger partial charge on any atom is -0.493 e. The number of nitrogens with zero attached hydrogens (tertiary/aromatic N) is 1. The Kier molecular flexibility index (Phi) is 6.09. The van der Waals surface area contributed by atoms with Crippen molar-refractivity contribution in [2.75, 3.05) is 33.3 Å². The summed E-state index contributed by atoms with van der Waals surface area (Å²) in [5.41, 5.74) is 1.06. The molecular formula is C17H25ClN2O2. The van der Waals surface area contributed by atoms with Crippen LogP contribution in [0.25, 0.3) is 0 Å².